The van der Waals surface area contributed by atoms with Crippen molar-refractivity contribution < 1.29 is 13.2 Å². The maximum Gasteiger partial charge on any atom is 0.433 e. The average Bonchev–Trinajstić information content (AvgIpc) is 2.15. The first-order chi connectivity index (χ1) is 6.45. The van der Waals surface area contributed by atoms with E-state index in [-0.39, 0.29) is 5.92 Å². The molecule has 0 fully saturated rings. The maximum atomic E-state index is 12.1. The second-order valence-electron chi connectivity index (χ2n) is 3.03. The van der Waals surface area contributed by atoms with Crippen LogP contribution in [0.4, 0.5) is 13.2 Å². The van der Waals surface area contributed by atoms with Crippen molar-refractivity contribution in [3.63, 3.8) is 0 Å². The Hall–Kier alpha value is -0.580. The molecule has 0 bridgehead atoms. The summed E-state index contributed by atoms with van der Waals surface area (Å²) in [6.45, 7) is 1.92. The molecule has 0 amide bonds. The number of pyridine rings is 1. The SMILES string of the molecule is CC(CBr)c1ccc(C(F)(F)F)nc1. The lowest BCUT2D eigenvalue weighted by Crippen LogP contribution is -2.08. The molecular formula is C9H9BrF3N. The second kappa shape index (κ2) is 4.29. The van der Waals surface area contributed by atoms with Crippen LogP contribution >= 0.6 is 15.9 Å². The Kier molecular flexibility index (Phi) is 3.53. The average molecular weight is 268 g/mol. The number of nitrogens with zero attached hydrogens (tertiary/aromatic N) is 1. The largest absolute Gasteiger partial charge is 0.433 e. The number of hydrogen-bond donors (Lipinski definition) is 0. The molecule has 0 aliphatic heterocycles. The summed E-state index contributed by atoms with van der Waals surface area (Å²) in [6, 6.07) is 2.47. The Morgan fingerprint density at radius 1 is 1.43 bits per heavy atom. The molecule has 0 aliphatic carbocycles. The molecule has 5 heteroatoms. The monoisotopic (exact) mass is 267 g/mol. The minimum Gasteiger partial charge on any atom is -0.251 e. The van der Waals surface area contributed by atoms with Gasteiger partial charge in [0, 0.05) is 11.5 Å². The van der Waals surface area contributed by atoms with Crippen LogP contribution in [0.1, 0.15) is 24.1 Å². The predicted molar refractivity (Wildman–Crippen MR) is 51.4 cm³/mol. The van der Waals surface area contributed by atoms with Crippen molar-refractivity contribution >= 4 is 15.9 Å². The first kappa shape index (κ1) is 11.5. The number of rotatable bonds is 2. The van der Waals surface area contributed by atoms with Crippen LogP contribution in [0.2, 0.25) is 0 Å². The minimum atomic E-state index is -4.35. The van der Waals surface area contributed by atoms with Gasteiger partial charge in [-0.25, -0.2) is 0 Å². The fraction of sp³-hybridized carbons (Fsp3) is 0.444. The molecule has 1 nitrogen and oxygen atoms in total. The molecule has 0 spiro atoms. The van der Waals surface area contributed by atoms with E-state index in [4.69, 9.17) is 0 Å². The lowest BCUT2D eigenvalue weighted by atomic mass is 10.1. The molecule has 0 aliphatic rings. The third kappa shape index (κ3) is 2.70. The van der Waals surface area contributed by atoms with Gasteiger partial charge in [-0.1, -0.05) is 28.9 Å². The Morgan fingerprint density at radius 2 is 2.07 bits per heavy atom. The summed E-state index contributed by atoms with van der Waals surface area (Å²) in [5.41, 5.74) is -0.0436. The van der Waals surface area contributed by atoms with Crippen LogP contribution in [0, 0.1) is 0 Å². The summed E-state index contributed by atoms with van der Waals surface area (Å²) in [7, 11) is 0. The summed E-state index contributed by atoms with van der Waals surface area (Å²) in [5, 5.41) is 0.708. The molecule has 1 rings (SSSR count). The van der Waals surface area contributed by atoms with Gasteiger partial charge in [0.1, 0.15) is 5.69 Å². The van der Waals surface area contributed by atoms with Gasteiger partial charge in [-0.05, 0) is 17.5 Å². The van der Waals surface area contributed by atoms with Crippen molar-refractivity contribution in [2.75, 3.05) is 5.33 Å². The van der Waals surface area contributed by atoms with Gasteiger partial charge in [0.2, 0.25) is 0 Å². The molecule has 0 saturated carbocycles. The molecule has 1 atom stereocenters. The molecule has 1 aromatic rings. The topological polar surface area (TPSA) is 12.9 Å². The van der Waals surface area contributed by atoms with E-state index >= 15 is 0 Å². The normalized spacial score (nSPS) is 14.1. The van der Waals surface area contributed by atoms with Gasteiger partial charge < -0.3 is 0 Å². The van der Waals surface area contributed by atoms with E-state index < -0.39 is 11.9 Å². The number of aromatic nitrogens is 1. The van der Waals surface area contributed by atoms with E-state index in [2.05, 4.69) is 20.9 Å². The van der Waals surface area contributed by atoms with Crippen molar-refractivity contribution in [2.45, 2.75) is 19.0 Å². The molecule has 14 heavy (non-hydrogen) atoms. The Labute approximate surface area is 88.5 Å². The van der Waals surface area contributed by atoms with E-state index in [0.29, 0.717) is 5.33 Å². The Balaban J connectivity index is 2.89. The van der Waals surface area contributed by atoms with Gasteiger partial charge in [-0.3, -0.25) is 4.98 Å². The van der Waals surface area contributed by atoms with Crippen LogP contribution in [0.25, 0.3) is 0 Å². The van der Waals surface area contributed by atoms with E-state index in [1.54, 1.807) is 0 Å². The first-order valence-electron chi connectivity index (χ1n) is 4.04. The third-order valence-electron chi connectivity index (χ3n) is 1.88. The fourth-order valence-electron chi connectivity index (χ4n) is 0.954. The van der Waals surface area contributed by atoms with Gasteiger partial charge in [0.05, 0.1) is 0 Å². The van der Waals surface area contributed by atoms with Crippen LogP contribution in [-0.4, -0.2) is 10.3 Å². The fourth-order valence-corrected chi connectivity index (χ4v) is 1.33. The van der Waals surface area contributed by atoms with Crippen LogP contribution in [0.5, 0.6) is 0 Å². The second-order valence-corrected chi connectivity index (χ2v) is 3.68. The van der Waals surface area contributed by atoms with E-state index in [1.807, 2.05) is 6.92 Å². The highest BCUT2D eigenvalue weighted by molar-refractivity contribution is 9.09. The highest BCUT2D eigenvalue weighted by Crippen LogP contribution is 2.28. The molecule has 0 N–H and O–H groups in total. The zero-order valence-corrected chi connectivity index (χ0v) is 9.06. The maximum absolute atomic E-state index is 12.1. The van der Waals surface area contributed by atoms with E-state index in [1.165, 1.54) is 12.3 Å². The molecule has 0 saturated heterocycles. The van der Waals surface area contributed by atoms with Crippen LogP contribution in [-0.2, 0) is 6.18 Å². The lowest BCUT2D eigenvalue weighted by molar-refractivity contribution is -0.141. The molecular weight excluding hydrogens is 259 g/mol. The zero-order chi connectivity index (χ0) is 10.8. The first-order valence-corrected chi connectivity index (χ1v) is 5.16. The van der Waals surface area contributed by atoms with Crippen molar-refractivity contribution in [1.29, 1.82) is 0 Å². The summed E-state index contributed by atoms with van der Waals surface area (Å²) in [6.07, 6.45) is -3.08. The van der Waals surface area contributed by atoms with Crippen LogP contribution < -0.4 is 0 Å². The van der Waals surface area contributed by atoms with Gasteiger partial charge in [0.15, 0.2) is 0 Å². The number of halogens is 4. The molecule has 1 aromatic heterocycles. The van der Waals surface area contributed by atoms with E-state index in [9.17, 15) is 13.2 Å². The van der Waals surface area contributed by atoms with Crippen LogP contribution in [0.15, 0.2) is 18.3 Å². The smallest absolute Gasteiger partial charge is 0.251 e. The summed E-state index contributed by atoms with van der Waals surface area (Å²) in [4.78, 5) is 3.37. The molecule has 78 valence electrons. The van der Waals surface area contributed by atoms with E-state index in [0.717, 1.165) is 11.6 Å². The van der Waals surface area contributed by atoms with Gasteiger partial charge in [0.25, 0.3) is 0 Å². The van der Waals surface area contributed by atoms with Gasteiger partial charge in [-0.2, -0.15) is 13.2 Å². The molecule has 0 aromatic carbocycles. The standard InChI is InChI=1S/C9H9BrF3N/c1-6(4-10)7-2-3-8(14-5-7)9(11,12)13/h2-3,5-6H,4H2,1H3. The van der Waals surface area contributed by atoms with Crippen LogP contribution in [0.3, 0.4) is 0 Å². The highest BCUT2D eigenvalue weighted by atomic mass is 79.9. The molecule has 1 heterocycles. The number of alkyl halides is 4. The minimum absolute atomic E-state index is 0.171. The summed E-state index contributed by atoms with van der Waals surface area (Å²) in [5.74, 6) is 0.171. The molecule has 0 radical (unpaired) electrons. The van der Waals surface area contributed by atoms with Crippen molar-refractivity contribution in [1.82, 2.24) is 4.98 Å². The lowest BCUT2D eigenvalue weighted by Gasteiger charge is -2.09. The zero-order valence-electron chi connectivity index (χ0n) is 7.48. The summed E-state index contributed by atoms with van der Waals surface area (Å²) < 4.78 is 36.4. The van der Waals surface area contributed by atoms with Gasteiger partial charge >= 0.3 is 6.18 Å². The highest BCUT2D eigenvalue weighted by Gasteiger charge is 2.32. The predicted octanol–water partition coefficient (Wildman–Crippen LogP) is 3.60. The Morgan fingerprint density at radius 3 is 2.43 bits per heavy atom. The van der Waals surface area contributed by atoms with Gasteiger partial charge in [-0.15, -0.1) is 0 Å². The summed E-state index contributed by atoms with van der Waals surface area (Å²) >= 11 is 3.26. The number of hydrogen-bond acceptors (Lipinski definition) is 1. The molecule has 1 unspecified atom stereocenters. The quantitative estimate of drug-likeness (QED) is 0.747. The van der Waals surface area contributed by atoms with Crippen molar-refractivity contribution in [2.24, 2.45) is 0 Å². The Bertz CT molecular complexity index is 294. The third-order valence-corrected chi connectivity index (χ3v) is 2.85. The van der Waals surface area contributed by atoms with Crippen molar-refractivity contribution in [3.8, 4) is 0 Å². The van der Waals surface area contributed by atoms with Crippen molar-refractivity contribution in [3.05, 3.63) is 29.6 Å².